The van der Waals surface area contributed by atoms with Gasteiger partial charge in [-0.15, -0.1) is 0 Å². The second-order valence-electron chi connectivity index (χ2n) is 6.33. The van der Waals surface area contributed by atoms with Gasteiger partial charge in [0.2, 0.25) is 0 Å². The second kappa shape index (κ2) is 7.14. The van der Waals surface area contributed by atoms with Crippen molar-refractivity contribution in [1.82, 2.24) is 14.6 Å². The van der Waals surface area contributed by atoms with Gasteiger partial charge in [0.05, 0.1) is 11.2 Å². The summed E-state index contributed by atoms with van der Waals surface area (Å²) in [6.45, 7) is 4.23. The minimum atomic E-state index is 0.757. The molecule has 0 spiro atoms. The number of aromatic nitrogens is 3. The topological polar surface area (TPSA) is 30.2 Å². The van der Waals surface area contributed by atoms with Crippen molar-refractivity contribution >= 4 is 28.9 Å². The monoisotopic (exact) mass is 379 g/mol. The maximum absolute atomic E-state index is 5.96. The summed E-state index contributed by atoms with van der Waals surface area (Å²) < 4.78 is 1.91. The first kappa shape index (κ1) is 17.1. The number of rotatable bonds is 4. The number of halogens is 1. The Bertz CT molecular complexity index is 1070. The zero-order valence-electron chi connectivity index (χ0n) is 14.6. The second-order valence-corrected chi connectivity index (χ2v) is 7.73. The fraction of sp³-hybridized carbons (Fsp3) is 0.143. The van der Waals surface area contributed by atoms with Crippen LogP contribution < -0.4 is 0 Å². The van der Waals surface area contributed by atoms with Crippen molar-refractivity contribution in [1.29, 1.82) is 0 Å². The normalized spacial score (nSPS) is 11.2. The molecule has 3 nitrogen and oxygen atoms in total. The van der Waals surface area contributed by atoms with Gasteiger partial charge in [-0.3, -0.25) is 0 Å². The maximum atomic E-state index is 5.96. The van der Waals surface area contributed by atoms with Crippen LogP contribution in [0, 0.1) is 13.8 Å². The third-order valence-electron chi connectivity index (χ3n) is 4.30. The summed E-state index contributed by atoms with van der Waals surface area (Å²) in [5.41, 5.74) is 6.88. The molecule has 2 aromatic carbocycles. The van der Waals surface area contributed by atoms with Gasteiger partial charge in [-0.25, -0.2) is 9.50 Å². The van der Waals surface area contributed by atoms with Crippen LogP contribution in [-0.2, 0) is 5.75 Å². The lowest BCUT2D eigenvalue weighted by Crippen LogP contribution is -1.91. The van der Waals surface area contributed by atoms with Crippen LogP contribution in [0.3, 0.4) is 0 Å². The molecule has 2 aromatic heterocycles. The molecule has 0 fully saturated rings. The van der Waals surface area contributed by atoms with Crippen LogP contribution in [-0.4, -0.2) is 14.6 Å². The minimum Gasteiger partial charge on any atom is -0.246 e. The number of nitrogens with zero attached hydrogens (tertiary/aromatic N) is 3. The van der Waals surface area contributed by atoms with Crippen molar-refractivity contribution in [2.45, 2.75) is 24.6 Å². The molecule has 2 heterocycles. The van der Waals surface area contributed by atoms with Crippen molar-refractivity contribution in [2.24, 2.45) is 0 Å². The lowest BCUT2D eigenvalue weighted by molar-refractivity contribution is 0.920. The molecule has 0 saturated carbocycles. The molecule has 0 aliphatic heterocycles. The highest BCUT2D eigenvalue weighted by Gasteiger charge is 2.11. The van der Waals surface area contributed by atoms with E-state index in [2.05, 4.69) is 43.1 Å². The maximum Gasteiger partial charge on any atom is 0.122 e. The van der Waals surface area contributed by atoms with E-state index in [9.17, 15) is 0 Å². The molecular weight excluding hydrogens is 362 g/mol. The molecule has 0 aliphatic carbocycles. The highest BCUT2D eigenvalue weighted by Crippen LogP contribution is 2.29. The minimum absolute atomic E-state index is 0.757. The van der Waals surface area contributed by atoms with Crippen molar-refractivity contribution in [3.63, 3.8) is 0 Å². The van der Waals surface area contributed by atoms with Gasteiger partial charge in [0.15, 0.2) is 0 Å². The lowest BCUT2D eigenvalue weighted by Gasteiger charge is -2.03. The van der Waals surface area contributed by atoms with Gasteiger partial charge in [-0.2, -0.15) is 5.10 Å². The summed E-state index contributed by atoms with van der Waals surface area (Å²) in [5.74, 6) is 0.841. The summed E-state index contributed by atoms with van der Waals surface area (Å²) in [4.78, 5) is 4.56. The van der Waals surface area contributed by atoms with Gasteiger partial charge in [0.25, 0.3) is 0 Å². The Morgan fingerprint density at radius 1 is 1.04 bits per heavy atom. The number of hydrogen-bond donors (Lipinski definition) is 0. The molecule has 0 saturated heterocycles. The number of thioether (sulfide) groups is 1. The average Bonchev–Trinajstić information content (AvgIpc) is 3.05. The first-order chi connectivity index (χ1) is 12.6. The SMILES string of the molecule is Cc1ccc(-c2cc3c(SCc4ccc(Cl)cc4)nccn3n2)c(C)c1. The molecular formula is C21H18ClN3S. The molecule has 0 N–H and O–H groups in total. The summed E-state index contributed by atoms with van der Waals surface area (Å²) in [5, 5.41) is 6.48. The number of benzene rings is 2. The van der Waals surface area contributed by atoms with Gasteiger partial charge in [0, 0.05) is 28.7 Å². The Morgan fingerprint density at radius 2 is 1.85 bits per heavy atom. The predicted molar refractivity (Wildman–Crippen MR) is 109 cm³/mol. The first-order valence-electron chi connectivity index (χ1n) is 8.39. The molecule has 5 heteroatoms. The predicted octanol–water partition coefficient (Wildman–Crippen LogP) is 5.96. The fourth-order valence-electron chi connectivity index (χ4n) is 2.97. The molecule has 0 atom stereocenters. The van der Waals surface area contributed by atoms with E-state index in [4.69, 9.17) is 16.7 Å². The Hall–Kier alpha value is -2.30. The third kappa shape index (κ3) is 3.48. The van der Waals surface area contributed by atoms with Gasteiger partial charge < -0.3 is 0 Å². The van der Waals surface area contributed by atoms with Gasteiger partial charge in [-0.1, -0.05) is 59.3 Å². The summed E-state index contributed by atoms with van der Waals surface area (Å²) in [6.07, 6.45) is 3.70. The molecule has 4 rings (SSSR count). The van der Waals surface area contributed by atoms with Crippen LogP contribution in [0.5, 0.6) is 0 Å². The van der Waals surface area contributed by atoms with Crippen LogP contribution >= 0.6 is 23.4 Å². The van der Waals surface area contributed by atoms with Crippen molar-refractivity contribution < 1.29 is 0 Å². The van der Waals surface area contributed by atoms with E-state index in [1.807, 2.05) is 35.0 Å². The summed E-state index contributed by atoms with van der Waals surface area (Å²) in [6, 6.07) is 16.5. The highest BCUT2D eigenvalue weighted by atomic mass is 35.5. The Morgan fingerprint density at radius 3 is 2.62 bits per heavy atom. The molecule has 4 aromatic rings. The molecule has 26 heavy (non-hydrogen) atoms. The smallest absolute Gasteiger partial charge is 0.122 e. The zero-order valence-corrected chi connectivity index (χ0v) is 16.2. The van der Waals surface area contributed by atoms with Crippen LogP contribution in [0.4, 0.5) is 0 Å². The first-order valence-corrected chi connectivity index (χ1v) is 9.76. The fourth-order valence-corrected chi connectivity index (χ4v) is 4.03. The average molecular weight is 380 g/mol. The van der Waals surface area contributed by atoms with E-state index in [0.717, 1.165) is 32.6 Å². The van der Waals surface area contributed by atoms with Gasteiger partial charge in [0.1, 0.15) is 5.03 Å². The van der Waals surface area contributed by atoms with E-state index >= 15 is 0 Å². The highest BCUT2D eigenvalue weighted by molar-refractivity contribution is 7.98. The molecule has 0 aliphatic rings. The van der Waals surface area contributed by atoms with Gasteiger partial charge in [-0.05, 0) is 43.2 Å². The quantitative estimate of drug-likeness (QED) is 0.410. The molecule has 0 bridgehead atoms. The van der Waals surface area contributed by atoms with Crippen molar-refractivity contribution in [3.8, 4) is 11.3 Å². The Balaban J connectivity index is 1.66. The number of fused-ring (bicyclic) bond motifs is 1. The Labute approximate surface area is 162 Å². The zero-order chi connectivity index (χ0) is 18.1. The largest absolute Gasteiger partial charge is 0.246 e. The Kier molecular flexibility index (Phi) is 4.70. The van der Waals surface area contributed by atoms with E-state index in [1.165, 1.54) is 16.7 Å². The van der Waals surface area contributed by atoms with Crippen LogP contribution in [0.25, 0.3) is 16.8 Å². The van der Waals surface area contributed by atoms with Crippen LogP contribution in [0.15, 0.2) is 66.0 Å². The van der Waals surface area contributed by atoms with Crippen molar-refractivity contribution in [3.05, 3.63) is 82.6 Å². The molecule has 0 radical (unpaired) electrons. The van der Waals surface area contributed by atoms with Gasteiger partial charge >= 0.3 is 0 Å². The number of aryl methyl sites for hydroxylation is 2. The lowest BCUT2D eigenvalue weighted by atomic mass is 10.0. The molecule has 130 valence electrons. The van der Waals surface area contributed by atoms with Crippen LogP contribution in [0.2, 0.25) is 5.02 Å². The molecule has 0 unspecified atom stereocenters. The van der Waals surface area contributed by atoms with E-state index in [-0.39, 0.29) is 0 Å². The van der Waals surface area contributed by atoms with E-state index < -0.39 is 0 Å². The summed E-state index contributed by atoms with van der Waals surface area (Å²) in [7, 11) is 0. The summed E-state index contributed by atoms with van der Waals surface area (Å²) >= 11 is 7.67. The van der Waals surface area contributed by atoms with E-state index in [1.54, 1.807) is 18.0 Å². The standard InChI is InChI=1S/C21H18ClN3S/c1-14-3-8-18(15(2)11-14)19-12-20-21(23-9-10-25(20)24-19)26-13-16-4-6-17(22)7-5-16/h3-12H,13H2,1-2H3. The van der Waals surface area contributed by atoms with Crippen LogP contribution in [0.1, 0.15) is 16.7 Å². The molecule has 0 amide bonds. The third-order valence-corrected chi connectivity index (χ3v) is 5.62. The van der Waals surface area contributed by atoms with Crippen molar-refractivity contribution in [2.75, 3.05) is 0 Å². The van der Waals surface area contributed by atoms with E-state index in [0.29, 0.717) is 0 Å². The number of hydrogen-bond acceptors (Lipinski definition) is 3.